The number of nitrogens with one attached hydrogen (secondary N) is 2. The summed E-state index contributed by atoms with van der Waals surface area (Å²) in [5, 5.41) is 6.08. The molecule has 2 N–H and O–H groups in total. The Hall–Kier alpha value is -1.83. The number of amides is 2. The van der Waals surface area contributed by atoms with Crippen LogP contribution in [0.1, 0.15) is 19.8 Å². The first-order valence-electron chi connectivity index (χ1n) is 8.65. The highest BCUT2D eigenvalue weighted by atomic mass is 35.5. The lowest BCUT2D eigenvalue weighted by Gasteiger charge is -2.27. The lowest BCUT2D eigenvalue weighted by molar-refractivity contribution is -0.135. The molecule has 0 saturated carbocycles. The van der Waals surface area contributed by atoms with Gasteiger partial charge in [-0.25, -0.2) is 0 Å². The second-order valence-corrected chi connectivity index (χ2v) is 5.99. The van der Waals surface area contributed by atoms with Crippen molar-refractivity contribution in [2.24, 2.45) is 0 Å². The predicted molar refractivity (Wildman–Crippen MR) is 103 cm³/mol. The van der Waals surface area contributed by atoms with Crippen LogP contribution in [0.15, 0.2) is 24.3 Å². The molecule has 2 rings (SSSR count). The van der Waals surface area contributed by atoms with E-state index in [0.29, 0.717) is 37.6 Å². The smallest absolute Gasteiger partial charge is 0.244 e. The Balaban J connectivity index is 0.00000338. The molecule has 1 aliphatic rings. The maximum Gasteiger partial charge on any atom is 0.244 e. The Labute approximate surface area is 160 Å². The fraction of sp³-hybridized carbons (Fsp3) is 0.556. The summed E-state index contributed by atoms with van der Waals surface area (Å²) in [6.45, 7) is 4.51. The molecule has 1 aliphatic heterocycles. The number of anilines is 1. The Kier molecular flexibility index (Phi) is 10.0. The summed E-state index contributed by atoms with van der Waals surface area (Å²) < 4.78 is 10.6. The van der Waals surface area contributed by atoms with Crippen LogP contribution in [0.4, 0.5) is 5.69 Å². The van der Waals surface area contributed by atoms with Gasteiger partial charge in [-0.3, -0.25) is 9.59 Å². The third kappa shape index (κ3) is 6.82. The van der Waals surface area contributed by atoms with Gasteiger partial charge in [0.15, 0.2) is 0 Å². The molecule has 1 aromatic rings. The Morgan fingerprint density at radius 3 is 2.81 bits per heavy atom. The summed E-state index contributed by atoms with van der Waals surface area (Å²) >= 11 is 0. The van der Waals surface area contributed by atoms with Crippen molar-refractivity contribution in [1.82, 2.24) is 10.2 Å². The molecular formula is C18H28ClN3O4. The van der Waals surface area contributed by atoms with Gasteiger partial charge in [-0.2, -0.15) is 0 Å². The first-order valence-corrected chi connectivity index (χ1v) is 8.65. The molecule has 146 valence electrons. The molecule has 0 radical (unpaired) electrons. The average molecular weight is 386 g/mol. The molecule has 1 aromatic carbocycles. The number of ether oxygens (including phenoxy) is 2. The Morgan fingerprint density at radius 2 is 2.15 bits per heavy atom. The van der Waals surface area contributed by atoms with Gasteiger partial charge < -0.3 is 25.0 Å². The molecule has 1 unspecified atom stereocenters. The van der Waals surface area contributed by atoms with Gasteiger partial charge in [0.1, 0.15) is 5.75 Å². The van der Waals surface area contributed by atoms with Crippen LogP contribution in [0.3, 0.4) is 0 Å². The zero-order chi connectivity index (χ0) is 18.1. The fourth-order valence-corrected chi connectivity index (χ4v) is 2.76. The number of carbonyl (C=O) groups excluding carboxylic acids is 2. The topological polar surface area (TPSA) is 79.9 Å². The molecule has 8 heteroatoms. The van der Waals surface area contributed by atoms with Gasteiger partial charge in [0, 0.05) is 25.6 Å². The monoisotopic (exact) mass is 385 g/mol. The van der Waals surface area contributed by atoms with Crippen LogP contribution in [0, 0.1) is 0 Å². The van der Waals surface area contributed by atoms with E-state index in [-0.39, 0.29) is 36.8 Å². The first-order chi connectivity index (χ1) is 12.1. The zero-order valence-corrected chi connectivity index (χ0v) is 16.1. The number of rotatable bonds is 8. The zero-order valence-electron chi connectivity index (χ0n) is 15.3. The van der Waals surface area contributed by atoms with Crippen LogP contribution in [-0.2, 0) is 14.3 Å². The number of nitrogens with zero attached hydrogens (tertiary/aromatic N) is 1. The normalized spacial score (nSPS) is 16.3. The van der Waals surface area contributed by atoms with E-state index in [0.717, 1.165) is 13.0 Å². The highest BCUT2D eigenvalue weighted by molar-refractivity contribution is 5.95. The largest absolute Gasteiger partial charge is 0.495 e. The van der Waals surface area contributed by atoms with Crippen molar-refractivity contribution in [3.05, 3.63) is 24.3 Å². The fourth-order valence-electron chi connectivity index (χ4n) is 2.76. The number of hydrogen-bond donors (Lipinski definition) is 2. The molecule has 2 amide bonds. The van der Waals surface area contributed by atoms with Crippen LogP contribution in [0.5, 0.6) is 5.75 Å². The van der Waals surface area contributed by atoms with Crippen molar-refractivity contribution in [3.8, 4) is 5.75 Å². The van der Waals surface area contributed by atoms with Gasteiger partial charge in [0.25, 0.3) is 0 Å². The number of para-hydroxylation sites is 2. The molecule has 1 saturated heterocycles. The Morgan fingerprint density at radius 1 is 1.38 bits per heavy atom. The van der Waals surface area contributed by atoms with E-state index in [9.17, 15) is 9.59 Å². The van der Waals surface area contributed by atoms with Gasteiger partial charge in [-0.05, 0) is 18.6 Å². The molecule has 0 aliphatic carbocycles. The third-order valence-electron chi connectivity index (χ3n) is 3.98. The van der Waals surface area contributed by atoms with E-state index in [4.69, 9.17) is 9.47 Å². The van der Waals surface area contributed by atoms with Crippen molar-refractivity contribution in [1.29, 1.82) is 0 Å². The number of hydrogen-bond acceptors (Lipinski definition) is 5. The second-order valence-electron chi connectivity index (χ2n) is 5.99. The van der Waals surface area contributed by atoms with Crippen molar-refractivity contribution in [2.75, 3.05) is 45.3 Å². The number of methoxy groups -OCH3 is 1. The summed E-state index contributed by atoms with van der Waals surface area (Å²) in [6.07, 6.45) is 1.13. The predicted octanol–water partition coefficient (Wildman–Crippen LogP) is 1.67. The van der Waals surface area contributed by atoms with E-state index >= 15 is 0 Å². The molecule has 0 aromatic heterocycles. The van der Waals surface area contributed by atoms with Gasteiger partial charge >= 0.3 is 0 Å². The molecule has 0 bridgehead atoms. The minimum Gasteiger partial charge on any atom is -0.495 e. The third-order valence-corrected chi connectivity index (χ3v) is 3.98. The molecule has 1 atom stereocenters. The lowest BCUT2D eigenvalue weighted by atomic mass is 10.1. The van der Waals surface area contributed by atoms with Crippen molar-refractivity contribution < 1.29 is 19.1 Å². The van der Waals surface area contributed by atoms with Crippen LogP contribution in [0.25, 0.3) is 0 Å². The molecule has 26 heavy (non-hydrogen) atoms. The van der Waals surface area contributed by atoms with Crippen molar-refractivity contribution in [3.63, 3.8) is 0 Å². The van der Waals surface area contributed by atoms with Gasteiger partial charge in [0.2, 0.25) is 11.8 Å². The van der Waals surface area contributed by atoms with Gasteiger partial charge in [0.05, 0.1) is 32.6 Å². The molecule has 1 fully saturated rings. The number of benzene rings is 1. The SMILES string of the molecule is CCCN(CC(=O)Nc1ccccc1OC)C(=O)CC1COCCN1.Cl. The second kappa shape index (κ2) is 11.7. The minimum absolute atomic E-state index is 0. The van der Waals surface area contributed by atoms with Gasteiger partial charge in [-0.1, -0.05) is 19.1 Å². The van der Waals surface area contributed by atoms with Crippen molar-refractivity contribution in [2.45, 2.75) is 25.8 Å². The van der Waals surface area contributed by atoms with E-state index in [1.807, 2.05) is 19.1 Å². The van der Waals surface area contributed by atoms with E-state index in [2.05, 4.69) is 10.6 Å². The maximum atomic E-state index is 12.5. The molecule has 7 nitrogen and oxygen atoms in total. The Bertz CT molecular complexity index is 579. The molecule has 0 spiro atoms. The first kappa shape index (κ1) is 22.2. The lowest BCUT2D eigenvalue weighted by Crippen LogP contribution is -2.46. The number of morpholine rings is 1. The van der Waals surface area contributed by atoms with E-state index < -0.39 is 0 Å². The minimum atomic E-state index is -0.237. The van der Waals surface area contributed by atoms with E-state index in [1.54, 1.807) is 24.1 Å². The summed E-state index contributed by atoms with van der Waals surface area (Å²) in [5.74, 6) is 0.312. The maximum absolute atomic E-state index is 12.5. The summed E-state index contributed by atoms with van der Waals surface area (Å²) in [7, 11) is 1.55. The number of halogens is 1. The summed E-state index contributed by atoms with van der Waals surface area (Å²) in [6, 6.07) is 7.21. The van der Waals surface area contributed by atoms with Crippen LogP contribution in [0.2, 0.25) is 0 Å². The molecule has 1 heterocycles. The van der Waals surface area contributed by atoms with E-state index in [1.165, 1.54) is 0 Å². The van der Waals surface area contributed by atoms with Crippen LogP contribution < -0.4 is 15.4 Å². The number of carbonyl (C=O) groups is 2. The van der Waals surface area contributed by atoms with Crippen LogP contribution in [-0.4, -0.2) is 62.7 Å². The van der Waals surface area contributed by atoms with Crippen molar-refractivity contribution >= 4 is 29.9 Å². The highest BCUT2D eigenvalue weighted by Gasteiger charge is 2.22. The standard InChI is InChI=1S/C18H27N3O4.ClH/c1-3-9-21(18(23)11-14-13-25-10-8-19-14)12-17(22)20-15-6-4-5-7-16(15)24-2;/h4-7,14,19H,3,8-13H2,1-2H3,(H,20,22);1H. The van der Waals surface area contributed by atoms with Gasteiger partial charge in [-0.15, -0.1) is 12.4 Å². The summed E-state index contributed by atoms with van der Waals surface area (Å²) in [5.41, 5.74) is 0.598. The summed E-state index contributed by atoms with van der Waals surface area (Å²) in [4.78, 5) is 26.5. The van der Waals surface area contributed by atoms with Crippen LogP contribution >= 0.6 is 12.4 Å². The average Bonchev–Trinajstić information content (AvgIpc) is 2.62. The highest BCUT2D eigenvalue weighted by Crippen LogP contribution is 2.22. The molecular weight excluding hydrogens is 358 g/mol. The quantitative estimate of drug-likeness (QED) is 0.711.